The van der Waals surface area contributed by atoms with Crippen LogP contribution in [0.2, 0.25) is 0 Å². The van der Waals surface area contributed by atoms with Crippen LogP contribution >= 0.6 is 11.3 Å². The molecule has 0 saturated heterocycles. The second-order valence-electron chi connectivity index (χ2n) is 3.52. The van der Waals surface area contributed by atoms with E-state index in [1.807, 2.05) is 5.38 Å². The first-order valence-corrected chi connectivity index (χ1v) is 5.92. The van der Waals surface area contributed by atoms with Crippen molar-refractivity contribution < 1.29 is 14.8 Å². The van der Waals surface area contributed by atoms with Crippen LogP contribution in [0.25, 0.3) is 0 Å². The van der Waals surface area contributed by atoms with Gasteiger partial charge in [-0.05, 0) is 5.46 Å². The highest BCUT2D eigenvalue weighted by Gasteiger charge is 2.14. The minimum absolute atomic E-state index is 0.0811. The number of ketones is 1. The lowest BCUT2D eigenvalue weighted by Crippen LogP contribution is -2.30. The van der Waals surface area contributed by atoms with Crippen molar-refractivity contribution >= 4 is 29.7 Å². The molecule has 0 fully saturated rings. The van der Waals surface area contributed by atoms with E-state index in [1.165, 1.54) is 17.4 Å². The standard InChI is InChI=1S/C11H10BNO3S/c14-10(7-11-13-4-5-17-11)8-2-1-3-9(6-8)12(15)16/h1-6,15-16H,7H2. The van der Waals surface area contributed by atoms with Crippen molar-refractivity contribution in [2.45, 2.75) is 6.42 Å². The highest BCUT2D eigenvalue weighted by atomic mass is 32.1. The maximum absolute atomic E-state index is 11.9. The highest BCUT2D eigenvalue weighted by Crippen LogP contribution is 2.09. The van der Waals surface area contributed by atoms with E-state index in [-0.39, 0.29) is 12.2 Å². The van der Waals surface area contributed by atoms with Crippen LogP contribution in [0.5, 0.6) is 0 Å². The molecule has 1 heterocycles. The zero-order valence-electron chi connectivity index (χ0n) is 8.91. The molecular formula is C11H10BNO3S. The van der Waals surface area contributed by atoms with Crippen molar-refractivity contribution in [3.8, 4) is 0 Å². The summed E-state index contributed by atoms with van der Waals surface area (Å²) in [7, 11) is -1.55. The minimum Gasteiger partial charge on any atom is -0.423 e. The molecule has 1 aromatic heterocycles. The third-order valence-corrected chi connectivity index (χ3v) is 3.08. The number of nitrogens with zero attached hydrogens (tertiary/aromatic N) is 1. The summed E-state index contributed by atoms with van der Waals surface area (Å²) >= 11 is 1.43. The van der Waals surface area contributed by atoms with Gasteiger partial charge in [-0.15, -0.1) is 11.3 Å². The van der Waals surface area contributed by atoms with Crippen LogP contribution in [0.1, 0.15) is 15.4 Å². The monoisotopic (exact) mass is 247 g/mol. The first kappa shape index (κ1) is 12.0. The van der Waals surface area contributed by atoms with Crippen molar-refractivity contribution in [3.63, 3.8) is 0 Å². The van der Waals surface area contributed by atoms with E-state index in [1.54, 1.807) is 24.4 Å². The van der Waals surface area contributed by atoms with Gasteiger partial charge >= 0.3 is 7.12 Å². The molecule has 2 aromatic rings. The number of hydrogen-bond acceptors (Lipinski definition) is 5. The molecule has 0 aliphatic heterocycles. The second-order valence-corrected chi connectivity index (χ2v) is 4.50. The first-order valence-electron chi connectivity index (χ1n) is 5.04. The van der Waals surface area contributed by atoms with E-state index in [0.717, 1.165) is 5.01 Å². The van der Waals surface area contributed by atoms with Gasteiger partial charge in [0.1, 0.15) is 5.01 Å². The maximum Gasteiger partial charge on any atom is 0.488 e. The fourth-order valence-corrected chi connectivity index (χ4v) is 2.07. The average molecular weight is 247 g/mol. The van der Waals surface area contributed by atoms with Crippen LogP contribution < -0.4 is 5.46 Å². The van der Waals surface area contributed by atoms with Crippen LogP contribution in [0.15, 0.2) is 35.8 Å². The summed E-state index contributed by atoms with van der Waals surface area (Å²) in [5.41, 5.74) is 0.779. The average Bonchev–Trinajstić information content (AvgIpc) is 2.82. The predicted octanol–water partition coefficient (Wildman–Crippen LogP) is 0.248. The fraction of sp³-hybridized carbons (Fsp3) is 0.0909. The van der Waals surface area contributed by atoms with Crippen LogP contribution in [0.4, 0.5) is 0 Å². The highest BCUT2D eigenvalue weighted by molar-refractivity contribution is 7.09. The quantitative estimate of drug-likeness (QED) is 0.600. The Labute approximate surface area is 103 Å². The molecule has 0 saturated carbocycles. The molecule has 2 N–H and O–H groups in total. The van der Waals surface area contributed by atoms with Gasteiger partial charge in [-0.3, -0.25) is 4.79 Å². The van der Waals surface area contributed by atoms with Gasteiger partial charge in [0.2, 0.25) is 0 Å². The molecule has 0 radical (unpaired) electrons. The van der Waals surface area contributed by atoms with E-state index < -0.39 is 7.12 Å². The zero-order chi connectivity index (χ0) is 12.3. The SMILES string of the molecule is O=C(Cc1nccs1)c1cccc(B(O)O)c1. The third kappa shape index (κ3) is 3.00. The summed E-state index contributed by atoms with van der Waals surface area (Å²) < 4.78 is 0. The van der Waals surface area contributed by atoms with Crippen molar-refractivity contribution in [1.82, 2.24) is 4.98 Å². The minimum atomic E-state index is -1.55. The molecule has 4 nitrogen and oxygen atoms in total. The number of rotatable bonds is 4. The molecule has 1 aromatic carbocycles. The lowest BCUT2D eigenvalue weighted by Gasteiger charge is -2.02. The number of benzene rings is 1. The van der Waals surface area contributed by atoms with E-state index in [9.17, 15) is 4.79 Å². The lowest BCUT2D eigenvalue weighted by atomic mass is 9.79. The van der Waals surface area contributed by atoms with Gasteiger partial charge in [-0.1, -0.05) is 24.3 Å². The summed E-state index contributed by atoms with van der Waals surface area (Å²) in [6, 6.07) is 6.33. The van der Waals surface area contributed by atoms with Gasteiger partial charge in [0, 0.05) is 17.1 Å². The molecule has 0 bridgehead atoms. The number of Topliss-reactive ketones (excluding diaryl/α,β-unsaturated/α-hetero) is 1. The van der Waals surface area contributed by atoms with Gasteiger partial charge < -0.3 is 10.0 Å². The molecule has 0 spiro atoms. The Kier molecular flexibility index (Phi) is 3.68. The predicted molar refractivity (Wildman–Crippen MR) is 66.4 cm³/mol. The topological polar surface area (TPSA) is 70.4 Å². The van der Waals surface area contributed by atoms with E-state index >= 15 is 0 Å². The largest absolute Gasteiger partial charge is 0.488 e. The van der Waals surface area contributed by atoms with Gasteiger partial charge in [0.15, 0.2) is 5.78 Å². The molecule has 0 aliphatic carbocycles. The van der Waals surface area contributed by atoms with Gasteiger partial charge in [-0.2, -0.15) is 0 Å². The molecule has 0 atom stereocenters. The fourth-order valence-electron chi connectivity index (χ4n) is 1.45. The maximum atomic E-state index is 11.9. The summed E-state index contributed by atoms with van der Waals surface area (Å²) in [6.07, 6.45) is 1.89. The third-order valence-electron chi connectivity index (χ3n) is 2.30. The Morgan fingerprint density at radius 3 is 2.88 bits per heavy atom. The molecule has 0 unspecified atom stereocenters. The summed E-state index contributed by atoms with van der Waals surface area (Å²) in [5.74, 6) is -0.0811. The molecule has 2 rings (SSSR count). The number of carbonyl (C=O) groups excluding carboxylic acids is 1. The molecule has 86 valence electrons. The Balaban J connectivity index is 2.16. The summed E-state index contributed by atoms with van der Waals surface area (Å²) in [6.45, 7) is 0. The lowest BCUT2D eigenvalue weighted by molar-refractivity contribution is 0.0993. The van der Waals surface area contributed by atoms with Crippen LogP contribution in [0, 0.1) is 0 Å². The molecule has 17 heavy (non-hydrogen) atoms. The first-order chi connectivity index (χ1) is 8.16. The van der Waals surface area contributed by atoms with Gasteiger partial charge in [0.25, 0.3) is 0 Å². The van der Waals surface area contributed by atoms with E-state index in [2.05, 4.69) is 4.98 Å². The molecule has 0 aliphatic rings. The van der Waals surface area contributed by atoms with Crippen LogP contribution in [-0.4, -0.2) is 27.9 Å². The number of thiazole rings is 1. The molecular weight excluding hydrogens is 237 g/mol. The van der Waals surface area contributed by atoms with Crippen molar-refractivity contribution in [3.05, 3.63) is 46.4 Å². The van der Waals surface area contributed by atoms with Crippen LogP contribution in [-0.2, 0) is 6.42 Å². The van der Waals surface area contributed by atoms with Gasteiger partial charge in [0.05, 0.1) is 6.42 Å². The van der Waals surface area contributed by atoms with Crippen molar-refractivity contribution in [2.75, 3.05) is 0 Å². The number of aromatic nitrogens is 1. The van der Waals surface area contributed by atoms with Gasteiger partial charge in [-0.25, -0.2) is 4.98 Å². The second kappa shape index (κ2) is 5.22. The smallest absolute Gasteiger partial charge is 0.423 e. The van der Waals surface area contributed by atoms with Crippen LogP contribution in [0.3, 0.4) is 0 Å². The van der Waals surface area contributed by atoms with Crippen molar-refractivity contribution in [1.29, 1.82) is 0 Å². The number of hydrogen-bond donors (Lipinski definition) is 2. The Morgan fingerprint density at radius 2 is 2.24 bits per heavy atom. The Bertz CT molecular complexity index is 513. The summed E-state index contributed by atoms with van der Waals surface area (Å²) in [5, 5.41) is 20.6. The van der Waals surface area contributed by atoms with Crippen molar-refractivity contribution in [2.24, 2.45) is 0 Å². The molecule has 0 amide bonds. The summed E-state index contributed by atoms with van der Waals surface area (Å²) in [4.78, 5) is 15.9. The number of carbonyl (C=O) groups is 1. The normalized spacial score (nSPS) is 10.2. The Hall–Kier alpha value is -1.50. The van der Waals surface area contributed by atoms with E-state index in [4.69, 9.17) is 10.0 Å². The van der Waals surface area contributed by atoms with E-state index in [0.29, 0.717) is 11.0 Å². The zero-order valence-corrected chi connectivity index (χ0v) is 9.72. The Morgan fingerprint density at radius 1 is 1.41 bits per heavy atom. The molecule has 6 heteroatoms.